The summed E-state index contributed by atoms with van der Waals surface area (Å²) < 4.78 is 0. The SMILES string of the molecule is CCCCN(CC(O)C(Cc1ccccc1)NC(=O)c1cc(C(C)=O)cc(C(=O)N(CCC)CCC)c1)NC(=O)CC(C)C. The molecule has 0 aliphatic rings. The molecule has 9 nitrogen and oxygen atoms in total. The highest BCUT2D eigenvalue weighted by atomic mass is 16.3. The average molecular weight is 609 g/mol. The molecule has 2 rings (SSSR count). The number of hydrogen-bond donors (Lipinski definition) is 3. The Morgan fingerprint density at radius 3 is 2.02 bits per heavy atom. The number of unbranched alkanes of at least 4 members (excludes halogenated alkanes) is 1. The first-order valence-corrected chi connectivity index (χ1v) is 16.0. The summed E-state index contributed by atoms with van der Waals surface area (Å²) >= 11 is 0. The standard InChI is InChI=1S/C35H52N4O5/c1-7-10-18-39(37-33(42)19-25(4)5)24-32(41)31(20-27-14-12-11-13-15-27)36-34(43)29-21-28(26(6)40)22-30(23-29)35(44)38(16-8-2)17-9-3/h11-15,21-23,25,31-32,41H,7-10,16-20,24H2,1-6H3,(H,36,43)(H,37,42). The summed E-state index contributed by atoms with van der Waals surface area (Å²) in [5.74, 6) is -0.906. The molecule has 0 fully saturated rings. The zero-order chi connectivity index (χ0) is 32.6. The van der Waals surface area contributed by atoms with Crippen molar-refractivity contribution in [2.45, 2.75) is 92.2 Å². The normalized spacial score (nSPS) is 12.6. The van der Waals surface area contributed by atoms with Crippen molar-refractivity contribution >= 4 is 23.5 Å². The fourth-order valence-electron chi connectivity index (χ4n) is 5.01. The van der Waals surface area contributed by atoms with Crippen molar-refractivity contribution in [3.05, 3.63) is 70.8 Å². The number of benzene rings is 2. The fraction of sp³-hybridized carbons (Fsp3) is 0.543. The summed E-state index contributed by atoms with van der Waals surface area (Å²) in [6.45, 7) is 13.2. The zero-order valence-electron chi connectivity index (χ0n) is 27.4. The van der Waals surface area contributed by atoms with Crippen molar-refractivity contribution in [3.8, 4) is 0 Å². The van der Waals surface area contributed by atoms with Crippen LogP contribution in [0.25, 0.3) is 0 Å². The lowest BCUT2D eigenvalue weighted by molar-refractivity contribution is -0.127. The lowest BCUT2D eigenvalue weighted by Crippen LogP contribution is -2.53. The molecule has 242 valence electrons. The van der Waals surface area contributed by atoms with Crippen LogP contribution in [0.15, 0.2) is 48.5 Å². The first-order chi connectivity index (χ1) is 21.0. The van der Waals surface area contributed by atoms with Crippen LogP contribution in [-0.4, -0.2) is 76.8 Å². The van der Waals surface area contributed by atoms with E-state index < -0.39 is 18.1 Å². The molecule has 3 N–H and O–H groups in total. The van der Waals surface area contributed by atoms with E-state index in [0.717, 1.165) is 31.2 Å². The maximum absolute atomic E-state index is 13.7. The molecule has 44 heavy (non-hydrogen) atoms. The summed E-state index contributed by atoms with van der Waals surface area (Å²) in [4.78, 5) is 53.9. The Hall–Kier alpha value is -3.56. The van der Waals surface area contributed by atoms with Gasteiger partial charge in [0, 0.05) is 49.3 Å². The van der Waals surface area contributed by atoms with Gasteiger partial charge in [0.15, 0.2) is 5.78 Å². The van der Waals surface area contributed by atoms with Crippen molar-refractivity contribution in [1.82, 2.24) is 20.7 Å². The van der Waals surface area contributed by atoms with Crippen LogP contribution in [0.5, 0.6) is 0 Å². The van der Waals surface area contributed by atoms with E-state index >= 15 is 0 Å². The average Bonchev–Trinajstić information content (AvgIpc) is 2.98. The van der Waals surface area contributed by atoms with Crippen LogP contribution in [0, 0.1) is 5.92 Å². The van der Waals surface area contributed by atoms with Crippen molar-refractivity contribution < 1.29 is 24.3 Å². The number of amides is 3. The smallest absolute Gasteiger partial charge is 0.253 e. The molecule has 0 bridgehead atoms. The van der Waals surface area contributed by atoms with Crippen LogP contribution >= 0.6 is 0 Å². The highest BCUT2D eigenvalue weighted by molar-refractivity contribution is 6.04. The maximum atomic E-state index is 13.7. The van der Waals surface area contributed by atoms with Crippen LogP contribution in [0.2, 0.25) is 0 Å². The largest absolute Gasteiger partial charge is 0.390 e. The van der Waals surface area contributed by atoms with Gasteiger partial charge in [-0.1, -0.05) is 71.4 Å². The van der Waals surface area contributed by atoms with Gasteiger partial charge < -0.3 is 15.3 Å². The Morgan fingerprint density at radius 2 is 1.45 bits per heavy atom. The lowest BCUT2D eigenvalue weighted by atomic mass is 9.98. The van der Waals surface area contributed by atoms with Crippen LogP contribution in [0.3, 0.4) is 0 Å². The van der Waals surface area contributed by atoms with Gasteiger partial charge in [-0.25, -0.2) is 5.01 Å². The number of nitrogens with zero attached hydrogens (tertiary/aromatic N) is 2. The molecule has 0 aromatic heterocycles. The molecule has 0 radical (unpaired) electrons. The molecule has 0 heterocycles. The van der Waals surface area contributed by atoms with Gasteiger partial charge in [-0.05, 0) is 62.3 Å². The van der Waals surface area contributed by atoms with E-state index in [1.807, 2.05) is 58.0 Å². The van der Waals surface area contributed by atoms with Gasteiger partial charge in [0.25, 0.3) is 11.8 Å². The molecule has 0 aliphatic carbocycles. The minimum atomic E-state index is -1.03. The Labute approximate surface area is 263 Å². The van der Waals surface area contributed by atoms with E-state index in [0.29, 0.717) is 32.5 Å². The third-order valence-corrected chi connectivity index (χ3v) is 7.27. The lowest BCUT2D eigenvalue weighted by Gasteiger charge is -2.31. The molecule has 0 saturated heterocycles. The predicted octanol–water partition coefficient (Wildman–Crippen LogP) is 5.03. The van der Waals surface area contributed by atoms with Gasteiger partial charge >= 0.3 is 0 Å². The Kier molecular flexibility index (Phi) is 15.8. The molecular weight excluding hydrogens is 556 g/mol. The summed E-state index contributed by atoms with van der Waals surface area (Å²) in [5.41, 5.74) is 4.58. The maximum Gasteiger partial charge on any atom is 0.253 e. The number of ketones is 1. The molecule has 2 unspecified atom stereocenters. The minimum Gasteiger partial charge on any atom is -0.390 e. The van der Waals surface area contributed by atoms with E-state index in [9.17, 15) is 24.3 Å². The van der Waals surface area contributed by atoms with Gasteiger partial charge in [0.1, 0.15) is 0 Å². The van der Waals surface area contributed by atoms with Crippen molar-refractivity contribution in [1.29, 1.82) is 0 Å². The summed E-state index contributed by atoms with van der Waals surface area (Å²) in [6.07, 6.45) is 3.00. The molecule has 9 heteroatoms. The molecule has 3 amide bonds. The van der Waals surface area contributed by atoms with Gasteiger partial charge in [-0.2, -0.15) is 0 Å². The topological polar surface area (TPSA) is 119 Å². The van der Waals surface area contributed by atoms with E-state index in [2.05, 4.69) is 17.7 Å². The van der Waals surface area contributed by atoms with E-state index in [4.69, 9.17) is 0 Å². The highest BCUT2D eigenvalue weighted by Gasteiger charge is 2.27. The number of aliphatic hydroxyl groups excluding tert-OH is 1. The summed E-state index contributed by atoms with van der Waals surface area (Å²) in [6, 6.07) is 13.4. The number of Topliss-reactive ketones (excluding diaryl/α,β-unsaturated/α-hetero) is 1. The highest BCUT2D eigenvalue weighted by Crippen LogP contribution is 2.16. The minimum absolute atomic E-state index is 0.113. The molecule has 2 atom stereocenters. The van der Waals surface area contributed by atoms with Crippen LogP contribution in [0.1, 0.15) is 110 Å². The summed E-state index contributed by atoms with van der Waals surface area (Å²) in [7, 11) is 0. The summed E-state index contributed by atoms with van der Waals surface area (Å²) in [5, 5.41) is 16.2. The number of hydrazine groups is 1. The van der Waals surface area contributed by atoms with Crippen molar-refractivity contribution in [2.24, 2.45) is 5.92 Å². The zero-order valence-corrected chi connectivity index (χ0v) is 27.4. The second-order valence-corrected chi connectivity index (χ2v) is 11.9. The van der Waals surface area contributed by atoms with E-state index in [1.54, 1.807) is 16.0 Å². The monoisotopic (exact) mass is 608 g/mol. The molecule has 0 aliphatic heterocycles. The number of aliphatic hydroxyl groups is 1. The van der Waals surface area contributed by atoms with E-state index in [-0.39, 0.29) is 46.8 Å². The Bertz CT molecular complexity index is 1210. The number of carbonyl (C=O) groups is 4. The first-order valence-electron chi connectivity index (χ1n) is 16.0. The van der Waals surface area contributed by atoms with Gasteiger partial charge in [0.2, 0.25) is 5.91 Å². The number of rotatable bonds is 19. The molecule has 0 saturated carbocycles. The Morgan fingerprint density at radius 1 is 0.841 bits per heavy atom. The number of hydrogen-bond acceptors (Lipinski definition) is 6. The molecule has 0 spiro atoms. The second-order valence-electron chi connectivity index (χ2n) is 11.9. The van der Waals surface area contributed by atoms with Crippen LogP contribution < -0.4 is 10.7 Å². The van der Waals surface area contributed by atoms with Gasteiger partial charge in [-0.3, -0.25) is 24.6 Å². The molecular formula is C35H52N4O5. The predicted molar refractivity (Wildman–Crippen MR) is 174 cm³/mol. The first kappa shape index (κ1) is 36.6. The number of nitrogens with one attached hydrogen (secondary N) is 2. The van der Waals surface area contributed by atoms with Gasteiger partial charge in [-0.15, -0.1) is 0 Å². The Balaban J connectivity index is 2.39. The van der Waals surface area contributed by atoms with E-state index in [1.165, 1.54) is 19.1 Å². The third-order valence-electron chi connectivity index (χ3n) is 7.27. The fourth-order valence-corrected chi connectivity index (χ4v) is 5.01. The van der Waals surface area contributed by atoms with Crippen LogP contribution in [0.4, 0.5) is 0 Å². The third kappa shape index (κ3) is 12.2. The van der Waals surface area contributed by atoms with Gasteiger partial charge in [0.05, 0.1) is 12.1 Å². The van der Waals surface area contributed by atoms with Crippen molar-refractivity contribution in [3.63, 3.8) is 0 Å². The second kappa shape index (κ2) is 19.0. The quantitative estimate of drug-likeness (QED) is 0.152. The van der Waals surface area contributed by atoms with Crippen molar-refractivity contribution in [2.75, 3.05) is 26.2 Å². The van der Waals surface area contributed by atoms with Crippen LogP contribution in [-0.2, 0) is 11.2 Å². The number of carbonyl (C=O) groups excluding carboxylic acids is 4. The molecule has 2 aromatic rings. The molecule has 2 aromatic carbocycles.